The smallest absolute Gasteiger partial charge is 0.242 e. The summed E-state index contributed by atoms with van der Waals surface area (Å²) in [5, 5.41) is 5.90. The minimum atomic E-state index is -0.499. The van der Waals surface area contributed by atoms with Gasteiger partial charge in [0.05, 0.1) is 6.42 Å². The Morgan fingerprint density at radius 2 is 1.92 bits per heavy atom. The third-order valence-electron chi connectivity index (χ3n) is 4.24. The largest absolute Gasteiger partial charge is 0.350 e. The molecule has 0 bridgehead atoms. The fourth-order valence-electron chi connectivity index (χ4n) is 2.68. The lowest BCUT2D eigenvalue weighted by Crippen LogP contribution is -2.52. The molecule has 1 fully saturated rings. The van der Waals surface area contributed by atoms with E-state index < -0.39 is 6.04 Å². The molecule has 2 amide bonds. The average molecular weight is 386 g/mol. The summed E-state index contributed by atoms with van der Waals surface area (Å²) in [7, 11) is 0. The minimum absolute atomic E-state index is 0. The van der Waals surface area contributed by atoms with E-state index in [1.165, 1.54) is 0 Å². The van der Waals surface area contributed by atoms with Crippen LogP contribution in [0.25, 0.3) is 0 Å². The van der Waals surface area contributed by atoms with E-state index in [4.69, 9.17) is 5.73 Å². The number of nitrogens with two attached hydrogens (primary N) is 1. The molecule has 5 nitrogen and oxygen atoms in total. The second-order valence-corrected chi connectivity index (χ2v) is 7.24. The van der Waals surface area contributed by atoms with E-state index in [2.05, 4.69) is 10.6 Å². The van der Waals surface area contributed by atoms with Gasteiger partial charge in [0.2, 0.25) is 11.8 Å². The summed E-state index contributed by atoms with van der Waals surface area (Å²) in [6.07, 6.45) is 5.14. The van der Waals surface area contributed by atoms with E-state index in [0.29, 0.717) is 18.9 Å². The molecule has 0 saturated heterocycles. The SMILES string of the molecule is CSCCC(NC(=O)Cc1ccccc1)C(=O)NC(CN)C1CC1.Cl. The molecule has 1 aliphatic carbocycles. The number of nitrogens with one attached hydrogen (secondary N) is 2. The molecule has 2 rings (SSSR count). The van der Waals surface area contributed by atoms with Crippen molar-refractivity contribution in [2.24, 2.45) is 11.7 Å². The fraction of sp³-hybridized carbons (Fsp3) is 0.556. The number of thioether (sulfide) groups is 1. The normalized spacial score (nSPS) is 15.6. The van der Waals surface area contributed by atoms with Gasteiger partial charge in [-0.2, -0.15) is 11.8 Å². The second-order valence-electron chi connectivity index (χ2n) is 6.25. The Bertz CT molecular complexity index is 540. The number of rotatable bonds is 10. The quantitative estimate of drug-likeness (QED) is 0.572. The molecule has 4 N–H and O–H groups in total. The minimum Gasteiger partial charge on any atom is -0.350 e. The van der Waals surface area contributed by atoms with Crippen molar-refractivity contribution < 1.29 is 9.59 Å². The zero-order valence-electron chi connectivity index (χ0n) is 14.6. The average Bonchev–Trinajstić information content (AvgIpc) is 3.42. The first kappa shape index (κ1) is 21.8. The first-order chi connectivity index (χ1) is 11.6. The van der Waals surface area contributed by atoms with E-state index >= 15 is 0 Å². The van der Waals surface area contributed by atoms with Gasteiger partial charge < -0.3 is 16.4 Å². The summed E-state index contributed by atoms with van der Waals surface area (Å²) in [6.45, 7) is 0.448. The molecule has 1 aromatic rings. The van der Waals surface area contributed by atoms with E-state index in [-0.39, 0.29) is 36.7 Å². The van der Waals surface area contributed by atoms with E-state index in [1.54, 1.807) is 11.8 Å². The monoisotopic (exact) mass is 385 g/mol. The second kappa shape index (κ2) is 11.4. The number of amides is 2. The number of hydrogen-bond donors (Lipinski definition) is 3. The van der Waals surface area contributed by atoms with Gasteiger partial charge in [0.25, 0.3) is 0 Å². The van der Waals surface area contributed by atoms with Crippen molar-refractivity contribution in [1.29, 1.82) is 0 Å². The molecular weight excluding hydrogens is 358 g/mol. The van der Waals surface area contributed by atoms with Crippen LogP contribution in [0.2, 0.25) is 0 Å². The van der Waals surface area contributed by atoms with Crippen LogP contribution >= 0.6 is 24.2 Å². The summed E-state index contributed by atoms with van der Waals surface area (Å²) in [5.74, 6) is 1.08. The maximum absolute atomic E-state index is 12.5. The lowest BCUT2D eigenvalue weighted by Gasteiger charge is -2.22. The molecule has 0 aromatic heterocycles. The van der Waals surface area contributed by atoms with Crippen LogP contribution < -0.4 is 16.4 Å². The molecule has 0 radical (unpaired) electrons. The molecule has 140 valence electrons. The summed E-state index contributed by atoms with van der Waals surface area (Å²) >= 11 is 1.67. The maximum Gasteiger partial charge on any atom is 0.242 e. The Hall–Kier alpha value is -1.24. The van der Waals surface area contributed by atoms with Gasteiger partial charge in [-0.1, -0.05) is 30.3 Å². The predicted octanol–water partition coefficient (Wildman–Crippen LogP) is 1.74. The highest BCUT2D eigenvalue weighted by atomic mass is 35.5. The van der Waals surface area contributed by atoms with Gasteiger partial charge in [-0.15, -0.1) is 12.4 Å². The van der Waals surface area contributed by atoms with Crippen molar-refractivity contribution in [3.63, 3.8) is 0 Å². The van der Waals surface area contributed by atoms with Gasteiger partial charge in [0, 0.05) is 12.6 Å². The Morgan fingerprint density at radius 3 is 2.48 bits per heavy atom. The van der Waals surface area contributed by atoms with Gasteiger partial charge >= 0.3 is 0 Å². The fourth-order valence-corrected chi connectivity index (χ4v) is 3.15. The van der Waals surface area contributed by atoms with Gasteiger partial charge in [-0.25, -0.2) is 0 Å². The molecule has 25 heavy (non-hydrogen) atoms. The number of halogens is 1. The van der Waals surface area contributed by atoms with E-state index in [0.717, 1.165) is 24.2 Å². The van der Waals surface area contributed by atoms with Crippen LogP contribution in [0.1, 0.15) is 24.8 Å². The van der Waals surface area contributed by atoms with Crippen LogP contribution in [-0.2, 0) is 16.0 Å². The Morgan fingerprint density at radius 1 is 1.24 bits per heavy atom. The van der Waals surface area contributed by atoms with Crippen LogP contribution in [0, 0.1) is 5.92 Å². The molecule has 2 atom stereocenters. The van der Waals surface area contributed by atoms with Gasteiger partial charge in [-0.3, -0.25) is 9.59 Å². The molecule has 0 aliphatic heterocycles. The number of benzene rings is 1. The summed E-state index contributed by atoms with van der Waals surface area (Å²) < 4.78 is 0. The molecule has 1 aliphatic rings. The van der Waals surface area contributed by atoms with Crippen molar-refractivity contribution in [2.75, 3.05) is 18.6 Å². The number of hydrogen-bond acceptors (Lipinski definition) is 4. The maximum atomic E-state index is 12.5. The number of carbonyl (C=O) groups is 2. The Balaban J connectivity index is 0.00000312. The van der Waals surface area contributed by atoms with Crippen LogP contribution in [-0.4, -0.2) is 42.5 Å². The first-order valence-electron chi connectivity index (χ1n) is 8.46. The topological polar surface area (TPSA) is 84.2 Å². The predicted molar refractivity (Wildman–Crippen MR) is 106 cm³/mol. The zero-order valence-corrected chi connectivity index (χ0v) is 16.2. The summed E-state index contributed by atoms with van der Waals surface area (Å²) in [6, 6.07) is 9.08. The third-order valence-corrected chi connectivity index (χ3v) is 4.89. The molecule has 7 heteroatoms. The lowest BCUT2D eigenvalue weighted by molar-refractivity contribution is -0.129. The van der Waals surface area contributed by atoms with Gasteiger partial charge in [-0.05, 0) is 42.8 Å². The van der Waals surface area contributed by atoms with Crippen molar-refractivity contribution in [3.8, 4) is 0 Å². The van der Waals surface area contributed by atoms with Crippen LogP contribution in [0.15, 0.2) is 30.3 Å². The molecule has 2 unspecified atom stereocenters. The lowest BCUT2D eigenvalue weighted by atomic mass is 10.1. The molecule has 0 heterocycles. The van der Waals surface area contributed by atoms with Gasteiger partial charge in [0.1, 0.15) is 6.04 Å². The van der Waals surface area contributed by atoms with Crippen molar-refractivity contribution in [2.45, 2.75) is 37.8 Å². The summed E-state index contributed by atoms with van der Waals surface area (Å²) in [5.41, 5.74) is 6.70. The first-order valence-corrected chi connectivity index (χ1v) is 9.86. The van der Waals surface area contributed by atoms with Crippen molar-refractivity contribution >= 4 is 36.0 Å². The van der Waals surface area contributed by atoms with Crippen LogP contribution in [0.3, 0.4) is 0 Å². The highest BCUT2D eigenvalue weighted by Crippen LogP contribution is 2.32. The highest BCUT2D eigenvalue weighted by molar-refractivity contribution is 7.98. The summed E-state index contributed by atoms with van der Waals surface area (Å²) in [4.78, 5) is 24.8. The Kier molecular flexibility index (Phi) is 9.93. The molecular formula is C18H28ClN3O2S. The van der Waals surface area contributed by atoms with Crippen LogP contribution in [0.5, 0.6) is 0 Å². The highest BCUT2D eigenvalue weighted by Gasteiger charge is 2.33. The standard InChI is InChI=1S/C18H27N3O2S.ClH/c1-24-10-9-15(18(23)21-16(12-19)14-7-8-14)20-17(22)11-13-5-3-2-4-6-13;/h2-6,14-16H,7-12,19H2,1H3,(H,20,22)(H,21,23);1H. The van der Waals surface area contributed by atoms with E-state index in [1.807, 2.05) is 36.6 Å². The van der Waals surface area contributed by atoms with Gasteiger partial charge in [0.15, 0.2) is 0 Å². The van der Waals surface area contributed by atoms with Crippen molar-refractivity contribution in [1.82, 2.24) is 10.6 Å². The van der Waals surface area contributed by atoms with E-state index in [9.17, 15) is 9.59 Å². The Labute approximate surface area is 160 Å². The third kappa shape index (κ3) is 7.67. The van der Waals surface area contributed by atoms with Crippen LogP contribution in [0.4, 0.5) is 0 Å². The molecule has 1 saturated carbocycles. The zero-order chi connectivity index (χ0) is 17.4. The van der Waals surface area contributed by atoms with Crippen molar-refractivity contribution in [3.05, 3.63) is 35.9 Å². The number of carbonyl (C=O) groups excluding carboxylic acids is 2. The molecule has 1 aromatic carbocycles. The molecule has 0 spiro atoms.